The first-order valence-electron chi connectivity index (χ1n) is 8.25. The first-order chi connectivity index (χ1) is 11.8. The maximum atomic E-state index is 12.7. The van der Waals surface area contributed by atoms with Crippen LogP contribution in [0.2, 0.25) is 0 Å². The van der Waals surface area contributed by atoms with E-state index in [1.54, 1.807) is 6.20 Å². The molecule has 1 saturated heterocycles. The van der Waals surface area contributed by atoms with Crippen LogP contribution in [0, 0.1) is 0 Å². The van der Waals surface area contributed by atoms with Crippen LogP contribution in [0.15, 0.2) is 24.4 Å². The zero-order valence-electron chi connectivity index (χ0n) is 13.2. The van der Waals surface area contributed by atoms with Gasteiger partial charge in [0.2, 0.25) is 5.13 Å². The Balaban J connectivity index is 1.45. The van der Waals surface area contributed by atoms with Crippen LogP contribution in [0.5, 0.6) is 0 Å². The van der Waals surface area contributed by atoms with Gasteiger partial charge >= 0.3 is 6.03 Å². The van der Waals surface area contributed by atoms with Crippen molar-refractivity contribution in [1.82, 2.24) is 20.1 Å². The van der Waals surface area contributed by atoms with Crippen LogP contribution in [-0.4, -0.2) is 51.4 Å². The molecule has 1 aliphatic carbocycles. The molecule has 0 aromatic carbocycles. The molecule has 7 nitrogen and oxygen atoms in total. The number of morpholine rings is 1. The first-order valence-corrected chi connectivity index (χ1v) is 9.07. The molecule has 1 aliphatic heterocycles. The maximum Gasteiger partial charge on any atom is 0.324 e. The fourth-order valence-electron chi connectivity index (χ4n) is 3.38. The zero-order chi connectivity index (χ0) is 16.4. The van der Waals surface area contributed by atoms with Gasteiger partial charge in [-0.05, 0) is 25.0 Å². The van der Waals surface area contributed by atoms with Crippen LogP contribution < -0.4 is 5.32 Å². The average molecular weight is 345 g/mol. The highest BCUT2D eigenvalue weighted by atomic mass is 32.1. The molecule has 1 saturated carbocycles. The van der Waals surface area contributed by atoms with Gasteiger partial charge in [-0.2, -0.15) is 0 Å². The molecule has 24 heavy (non-hydrogen) atoms. The number of nitrogens with zero attached hydrogens (tertiary/aromatic N) is 4. The predicted octanol–water partition coefficient (Wildman–Crippen LogP) is 2.78. The lowest BCUT2D eigenvalue weighted by molar-refractivity contribution is -0.0694. The van der Waals surface area contributed by atoms with E-state index in [2.05, 4.69) is 20.5 Å². The van der Waals surface area contributed by atoms with Gasteiger partial charge in [0, 0.05) is 12.7 Å². The Morgan fingerprint density at radius 1 is 1.29 bits per heavy atom. The maximum absolute atomic E-state index is 12.7. The highest BCUT2D eigenvalue weighted by Gasteiger charge is 2.36. The monoisotopic (exact) mass is 345 g/mol. The van der Waals surface area contributed by atoms with E-state index >= 15 is 0 Å². The first kappa shape index (κ1) is 15.5. The molecule has 0 spiro atoms. The lowest BCUT2D eigenvalue weighted by Crippen LogP contribution is -2.55. The van der Waals surface area contributed by atoms with Crippen molar-refractivity contribution >= 4 is 22.5 Å². The molecular weight excluding hydrogens is 326 g/mol. The molecule has 2 amide bonds. The van der Waals surface area contributed by atoms with Crippen molar-refractivity contribution in [3.05, 3.63) is 24.4 Å². The van der Waals surface area contributed by atoms with Crippen LogP contribution >= 0.6 is 11.3 Å². The second-order valence-corrected chi connectivity index (χ2v) is 6.99. The van der Waals surface area contributed by atoms with E-state index in [0.29, 0.717) is 23.3 Å². The second kappa shape index (κ2) is 6.82. The summed E-state index contributed by atoms with van der Waals surface area (Å²) in [5.41, 5.74) is 0.759. The summed E-state index contributed by atoms with van der Waals surface area (Å²) in [5, 5.41) is 12.3. The zero-order valence-corrected chi connectivity index (χ0v) is 14.0. The summed E-state index contributed by atoms with van der Waals surface area (Å²) in [4.78, 5) is 18.8. The number of ether oxygens (including phenoxy) is 1. The highest BCUT2D eigenvalue weighted by molar-refractivity contribution is 7.18. The Kier molecular flexibility index (Phi) is 4.40. The van der Waals surface area contributed by atoms with E-state index < -0.39 is 0 Å². The molecule has 8 heteroatoms. The fraction of sp³-hybridized carbons (Fsp3) is 0.500. The quantitative estimate of drug-likeness (QED) is 0.905. The molecule has 3 heterocycles. The normalized spacial score (nSPS) is 23.6. The molecule has 1 N–H and O–H groups in total. The molecule has 2 fully saturated rings. The third-order valence-electron chi connectivity index (χ3n) is 4.52. The average Bonchev–Trinajstić information content (AvgIpc) is 3.10. The van der Waals surface area contributed by atoms with Crippen LogP contribution in [0.3, 0.4) is 0 Å². The standard InChI is InChI=1S/C16H19N5O2S/c22-16(21-9-10-23-13-7-2-1-6-12(13)21)18-15-20-19-14(24-15)11-5-3-4-8-17-11/h3-5,8,12-13H,1-2,6-7,9-10H2,(H,18,20,22)/t12-,13-/m1/s1. The number of carbonyl (C=O) groups excluding carboxylic acids is 1. The molecule has 0 radical (unpaired) electrons. The number of hydrogen-bond donors (Lipinski definition) is 1. The molecule has 2 atom stereocenters. The minimum Gasteiger partial charge on any atom is -0.374 e. The molecule has 0 bridgehead atoms. The molecule has 2 aromatic rings. The van der Waals surface area contributed by atoms with Crippen molar-refractivity contribution in [1.29, 1.82) is 0 Å². The number of carbonyl (C=O) groups is 1. The number of urea groups is 1. The van der Waals surface area contributed by atoms with E-state index in [1.165, 1.54) is 17.8 Å². The van der Waals surface area contributed by atoms with Crippen LogP contribution in [0.1, 0.15) is 25.7 Å². The van der Waals surface area contributed by atoms with Gasteiger partial charge in [0.1, 0.15) is 5.69 Å². The van der Waals surface area contributed by atoms with Crippen molar-refractivity contribution in [2.45, 2.75) is 37.8 Å². The number of pyridine rings is 1. The Bertz CT molecular complexity index is 706. The number of fused-ring (bicyclic) bond motifs is 1. The van der Waals surface area contributed by atoms with E-state index in [0.717, 1.165) is 25.0 Å². The summed E-state index contributed by atoms with van der Waals surface area (Å²) in [7, 11) is 0. The van der Waals surface area contributed by atoms with Gasteiger partial charge < -0.3 is 9.64 Å². The number of aromatic nitrogens is 3. The molecule has 2 aromatic heterocycles. The minimum atomic E-state index is -0.112. The molecule has 0 unspecified atom stereocenters. The van der Waals surface area contributed by atoms with Gasteiger partial charge in [-0.3, -0.25) is 10.3 Å². The Hall–Kier alpha value is -2.06. The van der Waals surface area contributed by atoms with Crippen LogP contribution in [0.25, 0.3) is 10.7 Å². The number of hydrogen-bond acceptors (Lipinski definition) is 6. The van der Waals surface area contributed by atoms with Gasteiger partial charge in [0.25, 0.3) is 0 Å². The van der Waals surface area contributed by atoms with Gasteiger partial charge in [-0.25, -0.2) is 4.79 Å². The summed E-state index contributed by atoms with van der Waals surface area (Å²) in [6, 6.07) is 5.70. The summed E-state index contributed by atoms with van der Waals surface area (Å²) in [6.45, 7) is 1.22. The van der Waals surface area contributed by atoms with E-state index in [-0.39, 0.29) is 18.2 Å². The van der Waals surface area contributed by atoms with Crippen molar-refractivity contribution in [2.24, 2.45) is 0 Å². The van der Waals surface area contributed by atoms with E-state index in [1.807, 2.05) is 23.1 Å². The van der Waals surface area contributed by atoms with E-state index in [9.17, 15) is 4.79 Å². The van der Waals surface area contributed by atoms with Gasteiger partial charge in [-0.1, -0.05) is 30.2 Å². The third kappa shape index (κ3) is 3.11. The summed E-state index contributed by atoms with van der Waals surface area (Å²) in [6.07, 6.45) is 6.27. The number of rotatable bonds is 2. The third-order valence-corrected chi connectivity index (χ3v) is 5.38. The summed E-state index contributed by atoms with van der Waals surface area (Å²) < 4.78 is 5.82. The predicted molar refractivity (Wildman–Crippen MR) is 90.9 cm³/mol. The molecular formula is C16H19N5O2S. The topological polar surface area (TPSA) is 80.2 Å². The summed E-state index contributed by atoms with van der Waals surface area (Å²) >= 11 is 1.33. The van der Waals surface area contributed by atoms with Crippen molar-refractivity contribution in [3.63, 3.8) is 0 Å². The van der Waals surface area contributed by atoms with Crippen LogP contribution in [-0.2, 0) is 4.74 Å². The Morgan fingerprint density at radius 2 is 2.21 bits per heavy atom. The Labute approximate surface area is 144 Å². The largest absolute Gasteiger partial charge is 0.374 e. The fourth-order valence-corrected chi connectivity index (χ4v) is 4.09. The van der Waals surface area contributed by atoms with E-state index in [4.69, 9.17) is 4.74 Å². The van der Waals surface area contributed by atoms with Gasteiger partial charge in [0.05, 0.1) is 18.8 Å². The smallest absolute Gasteiger partial charge is 0.324 e. The lowest BCUT2D eigenvalue weighted by Gasteiger charge is -2.43. The lowest BCUT2D eigenvalue weighted by atomic mass is 9.90. The van der Waals surface area contributed by atoms with Gasteiger partial charge in [-0.15, -0.1) is 10.2 Å². The van der Waals surface area contributed by atoms with Crippen molar-refractivity contribution in [3.8, 4) is 10.7 Å². The number of nitrogens with one attached hydrogen (secondary N) is 1. The number of amides is 2. The second-order valence-electron chi connectivity index (χ2n) is 6.01. The van der Waals surface area contributed by atoms with Crippen molar-refractivity contribution < 1.29 is 9.53 Å². The molecule has 126 valence electrons. The van der Waals surface area contributed by atoms with Gasteiger partial charge in [0.15, 0.2) is 5.01 Å². The van der Waals surface area contributed by atoms with Crippen molar-refractivity contribution in [2.75, 3.05) is 18.5 Å². The van der Waals surface area contributed by atoms with Crippen LogP contribution in [0.4, 0.5) is 9.93 Å². The number of anilines is 1. The highest BCUT2D eigenvalue weighted by Crippen LogP contribution is 2.30. The molecule has 2 aliphatic rings. The SMILES string of the molecule is O=C(Nc1nnc(-c2ccccn2)s1)N1CCO[C@@H]2CCCC[C@H]21. The Morgan fingerprint density at radius 3 is 3.08 bits per heavy atom. The summed E-state index contributed by atoms with van der Waals surface area (Å²) in [5.74, 6) is 0. The molecule has 4 rings (SSSR count). The minimum absolute atomic E-state index is 0.112.